The van der Waals surface area contributed by atoms with Crippen LogP contribution in [0.1, 0.15) is 25.3 Å². The molecule has 0 aliphatic carbocycles. The molecule has 1 heterocycles. The number of nitrogens with one attached hydrogen (secondary N) is 1. The molecule has 0 unspecified atom stereocenters. The second kappa shape index (κ2) is 8.86. The highest BCUT2D eigenvalue weighted by molar-refractivity contribution is 5.85. The SMILES string of the molecule is CCCc1ccc(O[C@H]2CN[C@H](C(=O)OC)C2)c(OC)c1.Cl. The molecule has 2 rings (SSSR count). The van der Waals surface area contributed by atoms with E-state index in [1.54, 1.807) is 7.11 Å². The van der Waals surface area contributed by atoms with E-state index in [-0.39, 0.29) is 30.5 Å². The average Bonchev–Trinajstić information content (AvgIpc) is 2.96. The van der Waals surface area contributed by atoms with Crippen molar-refractivity contribution >= 4 is 18.4 Å². The first-order valence-electron chi connectivity index (χ1n) is 7.32. The summed E-state index contributed by atoms with van der Waals surface area (Å²) in [5, 5.41) is 3.11. The number of halogens is 1. The van der Waals surface area contributed by atoms with Crippen molar-refractivity contribution in [3.63, 3.8) is 0 Å². The summed E-state index contributed by atoms with van der Waals surface area (Å²) in [5.41, 5.74) is 1.23. The molecule has 1 N–H and O–H groups in total. The van der Waals surface area contributed by atoms with Crippen LogP contribution in [0.4, 0.5) is 0 Å². The highest BCUT2D eigenvalue weighted by atomic mass is 35.5. The number of aryl methyl sites for hydroxylation is 1. The van der Waals surface area contributed by atoms with Crippen LogP contribution in [0.25, 0.3) is 0 Å². The molecule has 5 nitrogen and oxygen atoms in total. The molecular weight excluding hydrogens is 306 g/mol. The van der Waals surface area contributed by atoms with E-state index in [0.29, 0.717) is 13.0 Å². The molecule has 22 heavy (non-hydrogen) atoms. The molecule has 1 aromatic rings. The summed E-state index contributed by atoms with van der Waals surface area (Å²) in [7, 11) is 3.04. The lowest BCUT2D eigenvalue weighted by Crippen LogP contribution is -2.31. The number of hydrogen-bond donors (Lipinski definition) is 1. The summed E-state index contributed by atoms with van der Waals surface area (Å²) >= 11 is 0. The van der Waals surface area contributed by atoms with E-state index in [2.05, 4.69) is 18.3 Å². The van der Waals surface area contributed by atoms with Crippen LogP contribution in [-0.4, -0.2) is 38.9 Å². The van der Waals surface area contributed by atoms with Gasteiger partial charge >= 0.3 is 5.97 Å². The summed E-state index contributed by atoms with van der Waals surface area (Å²) in [4.78, 5) is 11.5. The van der Waals surface area contributed by atoms with Crippen LogP contribution < -0.4 is 14.8 Å². The minimum Gasteiger partial charge on any atom is -0.493 e. The summed E-state index contributed by atoms with van der Waals surface area (Å²) in [6.07, 6.45) is 2.66. The van der Waals surface area contributed by atoms with Gasteiger partial charge in [0, 0.05) is 13.0 Å². The fraction of sp³-hybridized carbons (Fsp3) is 0.562. The van der Waals surface area contributed by atoms with Crippen LogP contribution in [0.2, 0.25) is 0 Å². The number of hydrogen-bond acceptors (Lipinski definition) is 5. The Bertz CT molecular complexity index is 495. The van der Waals surface area contributed by atoms with Gasteiger partial charge in [0.05, 0.1) is 14.2 Å². The molecule has 1 aliphatic heterocycles. The first-order chi connectivity index (χ1) is 10.2. The van der Waals surface area contributed by atoms with Crippen molar-refractivity contribution in [1.82, 2.24) is 5.32 Å². The van der Waals surface area contributed by atoms with Crippen molar-refractivity contribution in [3.8, 4) is 11.5 Å². The van der Waals surface area contributed by atoms with Gasteiger partial charge in [0.2, 0.25) is 0 Å². The topological polar surface area (TPSA) is 56.8 Å². The normalized spacial score (nSPS) is 20.1. The van der Waals surface area contributed by atoms with Crippen molar-refractivity contribution in [2.24, 2.45) is 0 Å². The van der Waals surface area contributed by atoms with Crippen LogP contribution in [0.15, 0.2) is 18.2 Å². The third-order valence-corrected chi connectivity index (χ3v) is 3.64. The lowest BCUT2D eigenvalue weighted by Gasteiger charge is -2.16. The van der Waals surface area contributed by atoms with Gasteiger partial charge in [0.15, 0.2) is 11.5 Å². The van der Waals surface area contributed by atoms with Gasteiger partial charge in [-0.05, 0) is 24.1 Å². The molecule has 6 heteroatoms. The average molecular weight is 330 g/mol. The molecule has 1 aliphatic rings. The maximum atomic E-state index is 11.5. The van der Waals surface area contributed by atoms with Gasteiger partial charge in [0.1, 0.15) is 12.1 Å². The lowest BCUT2D eigenvalue weighted by molar-refractivity contribution is -0.142. The minimum atomic E-state index is -0.287. The Morgan fingerprint density at radius 1 is 1.32 bits per heavy atom. The van der Waals surface area contributed by atoms with Crippen molar-refractivity contribution in [2.75, 3.05) is 20.8 Å². The standard InChI is InChI=1S/C16H23NO4.ClH/c1-4-5-11-6-7-14(15(8-11)19-2)21-12-9-13(17-10-12)16(18)20-3;/h6-8,12-13,17H,4-5,9-10H2,1-3H3;1H/t12-,13+;/m1./s1. The molecular formula is C16H24ClNO4. The van der Waals surface area contributed by atoms with Crippen LogP contribution in [0.3, 0.4) is 0 Å². The van der Waals surface area contributed by atoms with E-state index in [1.807, 2.05) is 12.1 Å². The molecule has 0 bridgehead atoms. The zero-order valence-electron chi connectivity index (χ0n) is 13.3. The van der Waals surface area contributed by atoms with Gasteiger partial charge in [-0.1, -0.05) is 19.4 Å². The van der Waals surface area contributed by atoms with Crippen molar-refractivity contribution in [3.05, 3.63) is 23.8 Å². The van der Waals surface area contributed by atoms with Crippen LogP contribution >= 0.6 is 12.4 Å². The molecule has 1 aromatic carbocycles. The van der Waals surface area contributed by atoms with E-state index in [0.717, 1.165) is 24.3 Å². The number of methoxy groups -OCH3 is 2. The monoisotopic (exact) mass is 329 g/mol. The van der Waals surface area contributed by atoms with Crippen LogP contribution in [0, 0.1) is 0 Å². The smallest absolute Gasteiger partial charge is 0.323 e. The zero-order valence-corrected chi connectivity index (χ0v) is 14.1. The van der Waals surface area contributed by atoms with E-state index in [1.165, 1.54) is 12.7 Å². The summed E-state index contributed by atoms with van der Waals surface area (Å²) in [6, 6.07) is 5.72. The number of esters is 1. The van der Waals surface area contributed by atoms with E-state index < -0.39 is 0 Å². The summed E-state index contributed by atoms with van der Waals surface area (Å²) < 4.78 is 16.1. The maximum absolute atomic E-state index is 11.5. The number of rotatable bonds is 6. The predicted molar refractivity (Wildman–Crippen MR) is 87.1 cm³/mol. The van der Waals surface area contributed by atoms with Crippen molar-refractivity contribution in [1.29, 1.82) is 0 Å². The molecule has 1 fully saturated rings. The molecule has 0 radical (unpaired) electrons. The Morgan fingerprint density at radius 2 is 2.09 bits per heavy atom. The summed E-state index contributed by atoms with van der Waals surface area (Å²) in [5.74, 6) is 1.21. The molecule has 124 valence electrons. The Morgan fingerprint density at radius 3 is 2.73 bits per heavy atom. The third kappa shape index (κ3) is 4.52. The molecule has 1 saturated heterocycles. The Kier molecular flexibility index (Phi) is 7.48. The van der Waals surface area contributed by atoms with Gasteiger partial charge in [-0.15, -0.1) is 12.4 Å². The molecule has 0 aromatic heterocycles. The van der Waals surface area contributed by atoms with E-state index in [9.17, 15) is 4.79 Å². The maximum Gasteiger partial charge on any atom is 0.323 e. The first-order valence-corrected chi connectivity index (χ1v) is 7.32. The van der Waals surface area contributed by atoms with Gasteiger partial charge in [-0.2, -0.15) is 0 Å². The van der Waals surface area contributed by atoms with Crippen LogP contribution in [-0.2, 0) is 16.0 Å². The highest BCUT2D eigenvalue weighted by Gasteiger charge is 2.31. The quantitative estimate of drug-likeness (QED) is 0.812. The Labute approximate surface area is 137 Å². The van der Waals surface area contributed by atoms with E-state index in [4.69, 9.17) is 14.2 Å². The van der Waals surface area contributed by atoms with Gasteiger partial charge < -0.3 is 19.5 Å². The number of benzene rings is 1. The third-order valence-electron chi connectivity index (χ3n) is 3.64. The zero-order chi connectivity index (χ0) is 15.2. The molecule has 0 saturated carbocycles. The number of carbonyl (C=O) groups excluding carboxylic acids is 1. The van der Waals surface area contributed by atoms with Gasteiger partial charge in [0.25, 0.3) is 0 Å². The predicted octanol–water partition coefficient (Wildman–Crippen LogP) is 2.35. The highest BCUT2D eigenvalue weighted by Crippen LogP contribution is 2.30. The number of carbonyl (C=O) groups is 1. The summed E-state index contributed by atoms with van der Waals surface area (Å²) in [6.45, 7) is 2.77. The van der Waals surface area contributed by atoms with Crippen LogP contribution in [0.5, 0.6) is 11.5 Å². The number of ether oxygens (including phenoxy) is 3. The first kappa shape index (κ1) is 18.6. The molecule has 2 atom stereocenters. The Hall–Kier alpha value is -1.46. The Balaban J connectivity index is 0.00000242. The van der Waals surface area contributed by atoms with Crippen molar-refractivity contribution in [2.45, 2.75) is 38.3 Å². The van der Waals surface area contributed by atoms with Gasteiger partial charge in [-0.25, -0.2) is 0 Å². The largest absolute Gasteiger partial charge is 0.493 e. The second-order valence-corrected chi connectivity index (χ2v) is 5.19. The van der Waals surface area contributed by atoms with Crippen molar-refractivity contribution < 1.29 is 19.0 Å². The van der Waals surface area contributed by atoms with E-state index >= 15 is 0 Å². The fourth-order valence-electron chi connectivity index (χ4n) is 2.55. The van der Waals surface area contributed by atoms with Gasteiger partial charge in [-0.3, -0.25) is 4.79 Å². The minimum absolute atomic E-state index is 0. The lowest BCUT2D eigenvalue weighted by atomic mass is 10.1. The molecule has 0 amide bonds. The second-order valence-electron chi connectivity index (χ2n) is 5.19. The fourth-order valence-corrected chi connectivity index (χ4v) is 2.55. The molecule has 0 spiro atoms.